The predicted molar refractivity (Wildman–Crippen MR) is 101 cm³/mol. The third-order valence-electron chi connectivity index (χ3n) is 3.84. The average Bonchev–Trinajstić information content (AvgIpc) is 2.63. The summed E-state index contributed by atoms with van der Waals surface area (Å²) >= 11 is 6.04. The van der Waals surface area contributed by atoms with Gasteiger partial charge in [0.25, 0.3) is 0 Å². The number of rotatable bonds is 5. The predicted octanol–water partition coefficient (Wildman–Crippen LogP) is 6.20. The van der Waals surface area contributed by atoms with Gasteiger partial charge in [0, 0.05) is 11.9 Å². The third-order valence-corrected chi connectivity index (χ3v) is 4.17. The van der Waals surface area contributed by atoms with Gasteiger partial charge in [0.15, 0.2) is 0 Å². The van der Waals surface area contributed by atoms with Crippen LogP contribution in [0.15, 0.2) is 54.7 Å². The Morgan fingerprint density at radius 1 is 1.00 bits per heavy atom. The fraction of sp³-hybridized carbons (Fsp3) is 0.158. The molecule has 8 heteroatoms. The quantitative estimate of drug-likeness (QED) is 0.543. The summed E-state index contributed by atoms with van der Waals surface area (Å²) in [6, 6.07) is 14.0. The minimum absolute atomic E-state index is 0.0433. The maximum absolute atomic E-state index is 13.3. The van der Waals surface area contributed by atoms with Gasteiger partial charge in [-0.3, -0.25) is 0 Å². The van der Waals surface area contributed by atoms with Crippen molar-refractivity contribution in [1.82, 2.24) is 9.97 Å². The van der Waals surface area contributed by atoms with E-state index in [1.807, 2.05) is 31.2 Å². The average molecular weight is 393 g/mol. The van der Waals surface area contributed by atoms with Gasteiger partial charge >= 0.3 is 6.18 Å². The molecule has 4 nitrogen and oxygen atoms in total. The Morgan fingerprint density at radius 3 is 2.33 bits per heavy atom. The van der Waals surface area contributed by atoms with Crippen LogP contribution >= 0.6 is 11.6 Å². The molecule has 3 rings (SSSR count). The molecule has 0 aliphatic heterocycles. The van der Waals surface area contributed by atoms with Crippen molar-refractivity contribution in [1.29, 1.82) is 0 Å². The fourth-order valence-corrected chi connectivity index (χ4v) is 2.57. The van der Waals surface area contributed by atoms with E-state index in [-0.39, 0.29) is 16.8 Å². The number of hydrogen-bond acceptors (Lipinski definition) is 4. The van der Waals surface area contributed by atoms with E-state index < -0.39 is 11.7 Å². The van der Waals surface area contributed by atoms with E-state index in [9.17, 15) is 13.2 Å². The molecule has 0 atom stereocenters. The van der Waals surface area contributed by atoms with Crippen molar-refractivity contribution < 1.29 is 13.2 Å². The molecule has 2 N–H and O–H groups in total. The number of nitrogens with one attached hydrogen (secondary N) is 2. The van der Waals surface area contributed by atoms with E-state index in [0.29, 0.717) is 11.4 Å². The molecule has 0 saturated carbocycles. The first-order valence-electron chi connectivity index (χ1n) is 8.18. The van der Waals surface area contributed by atoms with Crippen LogP contribution in [0.25, 0.3) is 0 Å². The highest BCUT2D eigenvalue weighted by Crippen LogP contribution is 2.36. The Balaban J connectivity index is 1.93. The van der Waals surface area contributed by atoms with Crippen molar-refractivity contribution in [3.63, 3.8) is 0 Å². The Labute approximate surface area is 159 Å². The standard InChI is InChI=1S/C19H16ClF3N4/c1-2-12-7-9-13(10-8-12)25-18-24-11-14(19(21,22)23)17(27-18)26-16-6-4-3-5-15(16)20/h3-11H,2H2,1H3,(H2,24,25,26,27). The van der Waals surface area contributed by atoms with Crippen molar-refractivity contribution in [3.05, 3.63) is 70.9 Å². The van der Waals surface area contributed by atoms with E-state index in [1.165, 1.54) is 0 Å². The van der Waals surface area contributed by atoms with Crippen LogP contribution in [-0.4, -0.2) is 9.97 Å². The highest BCUT2D eigenvalue weighted by molar-refractivity contribution is 6.33. The number of aromatic nitrogens is 2. The van der Waals surface area contributed by atoms with Crippen molar-refractivity contribution in [3.8, 4) is 0 Å². The summed E-state index contributed by atoms with van der Waals surface area (Å²) < 4.78 is 40.0. The number of para-hydroxylation sites is 1. The minimum atomic E-state index is -4.61. The number of aryl methyl sites for hydroxylation is 1. The smallest absolute Gasteiger partial charge is 0.338 e. The maximum Gasteiger partial charge on any atom is 0.421 e. The molecule has 3 aromatic rings. The summed E-state index contributed by atoms with van der Waals surface area (Å²) in [5.41, 5.74) is 1.17. The molecule has 0 aliphatic carbocycles. The molecule has 0 amide bonds. The lowest BCUT2D eigenvalue weighted by Crippen LogP contribution is -2.12. The molecule has 1 heterocycles. The van der Waals surface area contributed by atoms with Crippen LogP contribution in [0.3, 0.4) is 0 Å². The van der Waals surface area contributed by atoms with Crippen LogP contribution in [0.4, 0.5) is 36.3 Å². The van der Waals surface area contributed by atoms with Crippen molar-refractivity contribution in [2.45, 2.75) is 19.5 Å². The molecule has 0 radical (unpaired) electrons. The van der Waals surface area contributed by atoms with Gasteiger partial charge in [-0.1, -0.05) is 42.8 Å². The zero-order chi connectivity index (χ0) is 19.4. The monoisotopic (exact) mass is 392 g/mol. The second kappa shape index (κ2) is 7.84. The number of nitrogens with zero attached hydrogens (tertiary/aromatic N) is 2. The number of benzene rings is 2. The van der Waals surface area contributed by atoms with Crippen molar-refractivity contribution >= 4 is 34.7 Å². The molecule has 2 aromatic carbocycles. The lowest BCUT2D eigenvalue weighted by atomic mass is 10.1. The second-order valence-corrected chi connectivity index (χ2v) is 6.14. The highest BCUT2D eigenvalue weighted by Gasteiger charge is 2.35. The highest BCUT2D eigenvalue weighted by atomic mass is 35.5. The van der Waals surface area contributed by atoms with Crippen LogP contribution in [-0.2, 0) is 12.6 Å². The molecule has 140 valence electrons. The van der Waals surface area contributed by atoms with Crippen LogP contribution in [0.2, 0.25) is 5.02 Å². The van der Waals surface area contributed by atoms with Crippen LogP contribution in [0.5, 0.6) is 0 Å². The summed E-state index contributed by atoms with van der Waals surface area (Å²) in [6.07, 6.45) is -2.97. The molecule has 27 heavy (non-hydrogen) atoms. The van der Waals surface area contributed by atoms with Gasteiger partial charge in [0.1, 0.15) is 11.4 Å². The van der Waals surface area contributed by atoms with E-state index in [2.05, 4.69) is 20.6 Å². The number of anilines is 4. The first-order chi connectivity index (χ1) is 12.9. The largest absolute Gasteiger partial charge is 0.421 e. The summed E-state index contributed by atoms with van der Waals surface area (Å²) in [6.45, 7) is 2.04. The zero-order valence-corrected chi connectivity index (χ0v) is 15.1. The van der Waals surface area contributed by atoms with Crippen LogP contribution in [0.1, 0.15) is 18.1 Å². The molecular weight excluding hydrogens is 377 g/mol. The fourth-order valence-electron chi connectivity index (χ4n) is 2.39. The summed E-state index contributed by atoms with van der Waals surface area (Å²) in [7, 11) is 0. The van der Waals surface area contributed by atoms with Gasteiger partial charge in [0.05, 0.1) is 10.7 Å². The van der Waals surface area contributed by atoms with Gasteiger partial charge in [-0.2, -0.15) is 18.2 Å². The summed E-state index contributed by atoms with van der Waals surface area (Å²) in [5, 5.41) is 5.85. The molecule has 0 unspecified atom stereocenters. The molecule has 0 saturated heterocycles. The lowest BCUT2D eigenvalue weighted by Gasteiger charge is -2.15. The van der Waals surface area contributed by atoms with E-state index >= 15 is 0 Å². The Kier molecular flexibility index (Phi) is 5.51. The normalized spacial score (nSPS) is 11.3. The topological polar surface area (TPSA) is 49.8 Å². The number of hydrogen-bond donors (Lipinski definition) is 2. The zero-order valence-electron chi connectivity index (χ0n) is 14.3. The van der Waals surface area contributed by atoms with Gasteiger partial charge in [-0.05, 0) is 36.2 Å². The van der Waals surface area contributed by atoms with Gasteiger partial charge in [-0.25, -0.2) is 4.98 Å². The first-order valence-corrected chi connectivity index (χ1v) is 8.56. The number of halogens is 4. The Bertz CT molecular complexity index is 927. The molecular formula is C19H16ClF3N4. The molecule has 0 spiro atoms. The molecule has 0 fully saturated rings. The van der Waals surface area contributed by atoms with E-state index in [0.717, 1.165) is 18.2 Å². The maximum atomic E-state index is 13.3. The minimum Gasteiger partial charge on any atom is -0.338 e. The van der Waals surface area contributed by atoms with Crippen molar-refractivity contribution in [2.24, 2.45) is 0 Å². The van der Waals surface area contributed by atoms with Crippen LogP contribution < -0.4 is 10.6 Å². The van der Waals surface area contributed by atoms with Crippen molar-refractivity contribution in [2.75, 3.05) is 10.6 Å². The van der Waals surface area contributed by atoms with Gasteiger partial charge in [0.2, 0.25) is 5.95 Å². The summed E-state index contributed by atoms with van der Waals surface area (Å²) in [4.78, 5) is 7.79. The lowest BCUT2D eigenvalue weighted by molar-refractivity contribution is -0.137. The number of alkyl halides is 3. The molecule has 1 aromatic heterocycles. The van der Waals surface area contributed by atoms with Crippen LogP contribution in [0, 0.1) is 0 Å². The molecule has 0 bridgehead atoms. The second-order valence-electron chi connectivity index (χ2n) is 5.73. The SMILES string of the molecule is CCc1ccc(Nc2ncc(C(F)(F)F)c(Nc3ccccc3Cl)n2)cc1. The Hall–Kier alpha value is -2.80. The summed E-state index contributed by atoms with van der Waals surface area (Å²) in [5.74, 6) is -0.333. The molecule has 0 aliphatic rings. The van der Waals surface area contributed by atoms with E-state index in [1.54, 1.807) is 24.3 Å². The van der Waals surface area contributed by atoms with Gasteiger partial charge in [-0.15, -0.1) is 0 Å². The first kappa shape index (κ1) is 19.0. The van der Waals surface area contributed by atoms with Gasteiger partial charge < -0.3 is 10.6 Å². The van der Waals surface area contributed by atoms with E-state index in [4.69, 9.17) is 11.6 Å². The Morgan fingerprint density at radius 2 is 1.70 bits per heavy atom. The third kappa shape index (κ3) is 4.68.